The predicted octanol–water partition coefficient (Wildman–Crippen LogP) is 3.86. The molecule has 2 heterocycles. The first-order chi connectivity index (χ1) is 17.1. The average Bonchev–Trinajstić information content (AvgIpc) is 3.73. The molecule has 2 N–H and O–H groups in total. The van der Waals surface area contributed by atoms with Gasteiger partial charge in [0, 0.05) is 43.4 Å². The van der Waals surface area contributed by atoms with E-state index >= 15 is 0 Å². The Balaban J connectivity index is 1.24. The lowest BCUT2D eigenvalue weighted by Gasteiger charge is -2.39. The van der Waals surface area contributed by atoms with Crippen molar-refractivity contribution in [2.75, 3.05) is 13.6 Å². The summed E-state index contributed by atoms with van der Waals surface area (Å²) in [5.74, 6) is -1.01. The minimum atomic E-state index is -4.96. The molecule has 2 saturated carbocycles. The second kappa shape index (κ2) is 9.17. The van der Waals surface area contributed by atoms with E-state index in [1.165, 1.54) is 6.07 Å². The van der Waals surface area contributed by atoms with Gasteiger partial charge in [-0.05, 0) is 43.7 Å². The molecule has 1 aliphatic heterocycles. The van der Waals surface area contributed by atoms with Crippen LogP contribution in [0.25, 0.3) is 11.3 Å². The lowest BCUT2D eigenvalue weighted by molar-refractivity contribution is -0.274. The van der Waals surface area contributed by atoms with Crippen LogP contribution in [0.5, 0.6) is 5.75 Å². The van der Waals surface area contributed by atoms with Gasteiger partial charge in [0.2, 0.25) is 0 Å². The quantitative estimate of drug-likeness (QED) is 0.574. The molecule has 1 aromatic carbocycles. The van der Waals surface area contributed by atoms with Crippen molar-refractivity contribution in [1.82, 2.24) is 25.6 Å². The van der Waals surface area contributed by atoms with Gasteiger partial charge in [-0.2, -0.15) is 0 Å². The number of nitrogens with zero attached hydrogens (tertiary/aromatic N) is 3. The molecule has 2 unspecified atom stereocenters. The number of piperidine rings is 1. The summed E-state index contributed by atoms with van der Waals surface area (Å²) in [4.78, 5) is 29.0. The summed E-state index contributed by atoms with van der Waals surface area (Å²) in [6, 6.07) is 3.86. The van der Waals surface area contributed by atoms with Crippen LogP contribution in [0, 0.1) is 11.7 Å². The van der Waals surface area contributed by atoms with E-state index in [0.29, 0.717) is 18.5 Å². The number of hydrogen-bond acceptors (Lipinski definition) is 5. The van der Waals surface area contributed by atoms with Crippen LogP contribution in [-0.2, 0) is 6.54 Å². The molecule has 3 fully saturated rings. The maximum Gasteiger partial charge on any atom is 0.573 e. The van der Waals surface area contributed by atoms with Gasteiger partial charge in [0.25, 0.3) is 0 Å². The lowest BCUT2D eigenvalue weighted by Crippen LogP contribution is -2.56. The number of nitrogens with one attached hydrogen (secondary N) is 2. The van der Waals surface area contributed by atoms with Crippen LogP contribution in [0.2, 0.25) is 0 Å². The van der Waals surface area contributed by atoms with E-state index in [4.69, 9.17) is 4.52 Å². The summed E-state index contributed by atoms with van der Waals surface area (Å²) in [6.07, 6.45) is -1.39. The molecular weight excluding hydrogens is 486 g/mol. The molecule has 0 spiro atoms. The van der Waals surface area contributed by atoms with Crippen molar-refractivity contribution in [2.45, 2.75) is 56.7 Å². The number of hydrogen-bond donors (Lipinski definition) is 2. The maximum atomic E-state index is 13.8. The van der Waals surface area contributed by atoms with E-state index in [9.17, 15) is 27.2 Å². The first kappa shape index (κ1) is 24.2. The Labute approximate surface area is 203 Å². The summed E-state index contributed by atoms with van der Waals surface area (Å²) in [5, 5.41) is 9.26. The molecule has 9 nitrogen and oxygen atoms in total. The number of carbonyl (C=O) groups excluding carboxylic acids is 2. The van der Waals surface area contributed by atoms with Crippen molar-refractivity contribution in [2.24, 2.45) is 5.92 Å². The molecule has 13 heteroatoms. The van der Waals surface area contributed by atoms with E-state index in [0.717, 1.165) is 37.8 Å². The highest BCUT2D eigenvalue weighted by molar-refractivity contribution is 5.77. The normalized spacial score (nSPS) is 23.0. The smallest absolute Gasteiger partial charge is 0.406 e. The highest BCUT2D eigenvalue weighted by Crippen LogP contribution is 2.45. The third-order valence-electron chi connectivity index (χ3n) is 6.68. The Morgan fingerprint density at radius 3 is 2.67 bits per heavy atom. The molecule has 1 aromatic heterocycles. The number of carbonyl (C=O) groups is 2. The fourth-order valence-corrected chi connectivity index (χ4v) is 4.90. The van der Waals surface area contributed by atoms with E-state index < -0.39 is 17.9 Å². The van der Waals surface area contributed by atoms with Crippen LogP contribution in [0.1, 0.15) is 31.4 Å². The predicted molar refractivity (Wildman–Crippen MR) is 117 cm³/mol. The molecule has 5 rings (SSSR count). The van der Waals surface area contributed by atoms with Crippen molar-refractivity contribution in [1.29, 1.82) is 0 Å². The van der Waals surface area contributed by atoms with Gasteiger partial charge in [0.1, 0.15) is 17.3 Å². The van der Waals surface area contributed by atoms with Crippen LogP contribution in [0.15, 0.2) is 28.8 Å². The second-order valence-corrected chi connectivity index (χ2v) is 9.36. The minimum absolute atomic E-state index is 0.0196. The number of rotatable bonds is 6. The van der Waals surface area contributed by atoms with Gasteiger partial charge in [-0.1, -0.05) is 5.16 Å². The Morgan fingerprint density at radius 1 is 1.19 bits per heavy atom. The second-order valence-electron chi connectivity index (χ2n) is 9.36. The number of likely N-dealkylation sites (tertiary alicyclic amines) is 1. The standard InChI is InChI=1S/C23H25F4N5O4/c1-28-21(33)31-11-16(5-13-7-20(13)31)32(15-2-3-15)22(34)29-10-18-9-19(30-36-18)12-4-14(24)8-17(6-12)35-23(25,26)27/h4,6,8-9,13,15-16,20H,2-3,5,7,10-11H2,1H3,(H,28,33)(H,29,34)/t13?,16-,20?/m1/s1. The van der Waals surface area contributed by atoms with Gasteiger partial charge in [-0.3, -0.25) is 0 Å². The number of aromatic nitrogens is 1. The number of benzene rings is 1. The van der Waals surface area contributed by atoms with Crippen molar-refractivity contribution in [3.8, 4) is 17.0 Å². The van der Waals surface area contributed by atoms with E-state index in [2.05, 4.69) is 20.5 Å². The fourth-order valence-electron chi connectivity index (χ4n) is 4.90. The minimum Gasteiger partial charge on any atom is -0.406 e. The van der Waals surface area contributed by atoms with Gasteiger partial charge < -0.3 is 29.7 Å². The summed E-state index contributed by atoms with van der Waals surface area (Å²) >= 11 is 0. The van der Waals surface area contributed by atoms with Crippen molar-refractivity contribution >= 4 is 12.1 Å². The van der Waals surface area contributed by atoms with Gasteiger partial charge >= 0.3 is 18.4 Å². The largest absolute Gasteiger partial charge is 0.573 e. The zero-order chi connectivity index (χ0) is 25.6. The number of ether oxygens (including phenoxy) is 1. The summed E-state index contributed by atoms with van der Waals surface area (Å²) in [7, 11) is 1.59. The SMILES string of the molecule is CNC(=O)N1C[C@H](N(C(=O)NCc2cc(-c3cc(F)cc(OC(F)(F)F)c3)no2)C2CC2)CC2CC21. The first-order valence-electron chi connectivity index (χ1n) is 11.7. The fraction of sp³-hybridized carbons (Fsp3) is 0.522. The monoisotopic (exact) mass is 511 g/mol. The topological polar surface area (TPSA) is 99.9 Å². The van der Waals surface area contributed by atoms with Gasteiger partial charge in [-0.15, -0.1) is 13.2 Å². The van der Waals surface area contributed by atoms with Gasteiger partial charge in [0.15, 0.2) is 5.76 Å². The van der Waals surface area contributed by atoms with Crippen molar-refractivity contribution < 1.29 is 36.4 Å². The number of urea groups is 2. The summed E-state index contributed by atoms with van der Waals surface area (Å²) in [5.41, 5.74) is 0.128. The number of alkyl halides is 3. The van der Waals surface area contributed by atoms with Crippen LogP contribution in [0.3, 0.4) is 0 Å². The molecule has 0 radical (unpaired) electrons. The average molecular weight is 511 g/mol. The first-order valence-corrected chi connectivity index (χ1v) is 11.7. The summed E-state index contributed by atoms with van der Waals surface area (Å²) in [6.45, 7) is 0.452. The summed E-state index contributed by atoms with van der Waals surface area (Å²) < 4.78 is 60.3. The highest BCUT2D eigenvalue weighted by atomic mass is 19.4. The Bertz CT molecular complexity index is 1150. The maximum absolute atomic E-state index is 13.8. The molecule has 194 valence electrons. The molecule has 4 amide bonds. The number of halogens is 4. The zero-order valence-electron chi connectivity index (χ0n) is 19.3. The molecule has 1 saturated heterocycles. The molecule has 3 atom stereocenters. The van der Waals surface area contributed by atoms with E-state index in [1.807, 2.05) is 4.90 Å². The Morgan fingerprint density at radius 2 is 1.97 bits per heavy atom. The number of fused-ring (bicyclic) bond motifs is 1. The van der Waals surface area contributed by atoms with E-state index in [-0.39, 0.29) is 53.8 Å². The van der Waals surface area contributed by atoms with Crippen molar-refractivity contribution in [3.63, 3.8) is 0 Å². The van der Waals surface area contributed by atoms with Crippen LogP contribution in [0.4, 0.5) is 27.2 Å². The van der Waals surface area contributed by atoms with Crippen LogP contribution in [-0.4, -0.2) is 65.1 Å². The third-order valence-corrected chi connectivity index (χ3v) is 6.68. The van der Waals surface area contributed by atoms with Crippen LogP contribution < -0.4 is 15.4 Å². The molecule has 36 heavy (non-hydrogen) atoms. The zero-order valence-corrected chi connectivity index (χ0v) is 19.3. The molecule has 0 bridgehead atoms. The lowest BCUT2D eigenvalue weighted by atomic mass is 10.0. The van der Waals surface area contributed by atoms with Gasteiger partial charge in [-0.25, -0.2) is 14.0 Å². The Kier molecular flexibility index (Phi) is 6.17. The van der Waals surface area contributed by atoms with E-state index in [1.54, 1.807) is 11.9 Å². The third kappa shape index (κ3) is 5.34. The van der Waals surface area contributed by atoms with Crippen molar-refractivity contribution in [3.05, 3.63) is 35.8 Å². The molecular formula is C23H25F4N5O4. The molecule has 3 aliphatic rings. The number of amides is 4. The Hall–Kier alpha value is -3.51. The van der Waals surface area contributed by atoms with Gasteiger partial charge in [0.05, 0.1) is 12.6 Å². The van der Waals surface area contributed by atoms with Crippen LogP contribution >= 0.6 is 0 Å². The molecule has 2 aliphatic carbocycles. The highest BCUT2D eigenvalue weighted by Gasteiger charge is 2.52. The molecule has 2 aromatic rings.